The van der Waals surface area contributed by atoms with Crippen LogP contribution in [0.2, 0.25) is 0 Å². The van der Waals surface area contributed by atoms with E-state index in [1.165, 1.54) is 10.7 Å². The molecule has 0 radical (unpaired) electrons. The summed E-state index contributed by atoms with van der Waals surface area (Å²) in [6, 6.07) is 1.39. The van der Waals surface area contributed by atoms with Gasteiger partial charge in [-0.15, -0.1) is 6.42 Å². The molecule has 1 aromatic rings. The SMILES string of the molecule is C#CCn1nc([N+](=O)[O-])cc1C. The van der Waals surface area contributed by atoms with Crippen LogP contribution in [0, 0.1) is 29.4 Å². The van der Waals surface area contributed by atoms with Crippen molar-refractivity contribution in [2.45, 2.75) is 13.5 Å². The highest BCUT2D eigenvalue weighted by molar-refractivity contribution is 5.21. The molecule has 0 aliphatic carbocycles. The number of hydrogen-bond acceptors (Lipinski definition) is 3. The van der Waals surface area contributed by atoms with Crippen LogP contribution in [-0.4, -0.2) is 14.7 Å². The molecular formula is C7H7N3O2. The summed E-state index contributed by atoms with van der Waals surface area (Å²) in [4.78, 5) is 9.71. The second-order valence-corrected chi connectivity index (χ2v) is 2.26. The molecule has 0 aliphatic heterocycles. The second-order valence-electron chi connectivity index (χ2n) is 2.26. The maximum Gasteiger partial charge on any atom is 0.390 e. The first-order valence-electron chi connectivity index (χ1n) is 3.27. The van der Waals surface area contributed by atoms with Gasteiger partial charge in [-0.1, -0.05) is 5.92 Å². The van der Waals surface area contributed by atoms with Gasteiger partial charge in [-0.3, -0.25) is 0 Å². The summed E-state index contributed by atoms with van der Waals surface area (Å²) in [5.41, 5.74) is 0.694. The first-order valence-corrected chi connectivity index (χ1v) is 3.27. The molecule has 1 aromatic heterocycles. The van der Waals surface area contributed by atoms with Crippen molar-refractivity contribution >= 4 is 5.82 Å². The average molecular weight is 165 g/mol. The van der Waals surface area contributed by atoms with E-state index >= 15 is 0 Å². The Balaban J connectivity index is 3.02. The predicted octanol–water partition coefficient (Wildman–Crippen LogP) is 0.733. The van der Waals surface area contributed by atoms with Crippen LogP contribution in [0.5, 0.6) is 0 Å². The molecule has 12 heavy (non-hydrogen) atoms. The first kappa shape index (κ1) is 8.27. The molecule has 0 saturated heterocycles. The lowest BCUT2D eigenvalue weighted by molar-refractivity contribution is -0.389. The molecule has 5 heteroatoms. The molecule has 0 aliphatic rings. The Hall–Kier alpha value is -1.83. The van der Waals surface area contributed by atoms with E-state index in [2.05, 4.69) is 11.0 Å². The lowest BCUT2D eigenvalue weighted by Gasteiger charge is -1.88. The third kappa shape index (κ3) is 1.42. The Bertz CT molecular complexity index is 348. The normalized spacial score (nSPS) is 9.33. The van der Waals surface area contributed by atoms with Gasteiger partial charge in [0.25, 0.3) is 0 Å². The lowest BCUT2D eigenvalue weighted by Crippen LogP contribution is -2.00. The van der Waals surface area contributed by atoms with Crippen LogP contribution < -0.4 is 0 Å². The molecule has 1 heterocycles. The fourth-order valence-electron chi connectivity index (χ4n) is 0.829. The van der Waals surface area contributed by atoms with E-state index in [1.807, 2.05) is 0 Å². The number of terminal acetylenes is 1. The van der Waals surface area contributed by atoms with Crippen molar-refractivity contribution in [3.8, 4) is 12.3 Å². The summed E-state index contributed by atoms with van der Waals surface area (Å²) in [6.07, 6.45) is 5.03. The Kier molecular flexibility index (Phi) is 2.10. The van der Waals surface area contributed by atoms with Crippen molar-refractivity contribution in [2.24, 2.45) is 0 Å². The van der Waals surface area contributed by atoms with E-state index in [1.54, 1.807) is 6.92 Å². The Labute approximate surface area is 69.2 Å². The Morgan fingerprint density at radius 2 is 2.58 bits per heavy atom. The Morgan fingerprint density at radius 1 is 1.92 bits per heavy atom. The maximum atomic E-state index is 10.2. The quantitative estimate of drug-likeness (QED) is 0.368. The minimum absolute atomic E-state index is 0.164. The zero-order chi connectivity index (χ0) is 9.14. The second kappa shape index (κ2) is 3.05. The van der Waals surface area contributed by atoms with E-state index in [4.69, 9.17) is 6.42 Å². The third-order valence-electron chi connectivity index (χ3n) is 1.40. The molecule has 0 spiro atoms. The molecule has 0 aromatic carbocycles. The molecule has 5 nitrogen and oxygen atoms in total. The number of aryl methyl sites for hydroxylation is 1. The molecular weight excluding hydrogens is 158 g/mol. The molecule has 62 valence electrons. The molecule has 1 rings (SSSR count). The number of hydrogen-bond donors (Lipinski definition) is 0. The molecule has 0 amide bonds. The highest BCUT2D eigenvalue weighted by atomic mass is 16.6. The van der Waals surface area contributed by atoms with Gasteiger partial charge in [0, 0.05) is 0 Å². The maximum absolute atomic E-state index is 10.2. The van der Waals surface area contributed by atoms with Crippen LogP contribution in [0.4, 0.5) is 5.82 Å². The predicted molar refractivity (Wildman–Crippen MR) is 42.5 cm³/mol. The summed E-state index contributed by atoms with van der Waals surface area (Å²) in [5.74, 6) is 2.19. The van der Waals surface area contributed by atoms with Gasteiger partial charge in [0.05, 0.1) is 16.9 Å². The summed E-state index contributed by atoms with van der Waals surface area (Å²) >= 11 is 0. The van der Waals surface area contributed by atoms with Gasteiger partial charge in [-0.2, -0.15) is 4.68 Å². The summed E-state index contributed by atoms with van der Waals surface area (Å²) in [6.45, 7) is 1.98. The van der Waals surface area contributed by atoms with Gasteiger partial charge in [-0.25, -0.2) is 0 Å². The van der Waals surface area contributed by atoms with Gasteiger partial charge in [-0.05, 0) is 11.8 Å². The average Bonchev–Trinajstić information content (AvgIpc) is 2.34. The fourth-order valence-corrected chi connectivity index (χ4v) is 0.829. The highest BCUT2D eigenvalue weighted by Gasteiger charge is 2.13. The summed E-state index contributed by atoms with van der Waals surface area (Å²) in [5, 5.41) is 13.9. The topological polar surface area (TPSA) is 61.0 Å². The molecule has 0 N–H and O–H groups in total. The van der Waals surface area contributed by atoms with Crippen LogP contribution in [-0.2, 0) is 6.54 Å². The van der Waals surface area contributed by atoms with Gasteiger partial charge in [0.2, 0.25) is 0 Å². The fraction of sp³-hybridized carbons (Fsp3) is 0.286. The van der Waals surface area contributed by atoms with Gasteiger partial charge < -0.3 is 10.1 Å². The minimum atomic E-state index is -0.542. The number of nitro groups is 1. The molecule has 0 unspecified atom stereocenters. The van der Waals surface area contributed by atoms with Crippen LogP contribution >= 0.6 is 0 Å². The Morgan fingerprint density at radius 3 is 3.00 bits per heavy atom. The van der Waals surface area contributed by atoms with Crippen molar-refractivity contribution in [1.82, 2.24) is 9.78 Å². The van der Waals surface area contributed by atoms with Gasteiger partial charge in [0.1, 0.15) is 6.54 Å². The van der Waals surface area contributed by atoms with E-state index in [0.717, 1.165) is 0 Å². The van der Waals surface area contributed by atoms with Crippen LogP contribution in [0.15, 0.2) is 6.07 Å². The molecule has 0 atom stereocenters. The number of rotatable bonds is 2. The summed E-state index contributed by atoms with van der Waals surface area (Å²) in [7, 11) is 0. The zero-order valence-electron chi connectivity index (χ0n) is 6.52. The zero-order valence-corrected chi connectivity index (χ0v) is 6.52. The highest BCUT2D eigenvalue weighted by Crippen LogP contribution is 2.09. The van der Waals surface area contributed by atoms with Crippen LogP contribution in [0.3, 0.4) is 0 Å². The lowest BCUT2D eigenvalue weighted by atomic mass is 10.4. The smallest absolute Gasteiger partial charge is 0.358 e. The van der Waals surface area contributed by atoms with E-state index in [9.17, 15) is 10.1 Å². The van der Waals surface area contributed by atoms with Crippen molar-refractivity contribution < 1.29 is 4.92 Å². The third-order valence-corrected chi connectivity index (χ3v) is 1.40. The van der Waals surface area contributed by atoms with Crippen LogP contribution in [0.25, 0.3) is 0 Å². The van der Waals surface area contributed by atoms with E-state index in [0.29, 0.717) is 5.69 Å². The van der Waals surface area contributed by atoms with E-state index in [-0.39, 0.29) is 12.4 Å². The van der Waals surface area contributed by atoms with Crippen LogP contribution in [0.1, 0.15) is 5.69 Å². The van der Waals surface area contributed by atoms with Crippen molar-refractivity contribution in [3.05, 3.63) is 21.9 Å². The molecule has 0 fully saturated rings. The monoisotopic (exact) mass is 165 g/mol. The van der Waals surface area contributed by atoms with Gasteiger partial charge >= 0.3 is 5.82 Å². The van der Waals surface area contributed by atoms with Gasteiger partial charge in [0.15, 0.2) is 0 Å². The number of nitrogens with zero attached hydrogens (tertiary/aromatic N) is 3. The van der Waals surface area contributed by atoms with Crippen molar-refractivity contribution in [2.75, 3.05) is 0 Å². The minimum Gasteiger partial charge on any atom is -0.358 e. The molecule has 0 saturated carbocycles. The van der Waals surface area contributed by atoms with E-state index < -0.39 is 4.92 Å². The molecule has 0 bridgehead atoms. The standard InChI is InChI=1S/C7H7N3O2/c1-3-4-9-6(2)5-7(8-9)10(11)12/h1,5H,4H2,2H3. The first-order chi connectivity index (χ1) is 5.65. The van der Waals surface area contributed by atoms with Crippen molar-refractivity contribution in [1.29, 1.82) is 0 Å². The number of aromatic nitrogens is 2. The summed E-state index contributed by atoms with van der Waals surface area (Å²) < 4.78 is 1.41. The largest absolute Gasteiger partial charge is 0.390 e. The van der Waals surface area contributed by atoms with Crippen molar-refractivity contribution in [3.63, 3.8) is 0 Å².